The number of benzene rings is 2. The van der Waals surface area contributed by atoms with Gasteiger partial charge in [0.15, 0.2) is 0 Å². The largest absolute Gasteiger partial charge is 0.486 e. The third-order valence-electron chi connectivity index (χ3n) is 7.15. The Labute approximate surface area is 223 Å². The molecule has 0 radical (unpaired) electrons. The molecule has 3 aliphatic rings. The molecule has 1 unspecified atom stereocenters. The van der Waals surface area contributed by atoms with Gasteiger partial charge in [0.1, 0.15) is 28.9 Å². The van der Waals surface area contributed by atoms with Crippen LogP contribution < -0.4 is 4.74 Å². The van der Waals surface area contributed by atoms with E-state index >= 15 is 0 Å². The summed E-state index contributed by atoms with van der Waals surface area (Å²) in [4.78, 5) is 34.2. The van der Waals surface area contributed by atoms with Gasteiger partial charge in [-0.15, -0.1) is 11.3 Å². The average Bonchev–Trinajstić information content (AvgIpc) is 3.68. The van der Waals surface area contributed by atoms with Gasteiger partial charge in [-0.05, 0) is 60.2 Å². The summed E-state index contributed by atoms with van der Waals surface area (Å²) in [5.41, 5.74) is 3.36. The minimum absolute atomic E-state index is 0.0186. The van der Waals surface area contributed by atoms with Gasteiger partial charge in [0.05, 0.1) is 6.04 Å². The lowest BCUT2D eigenvalue weighted by atomic mass is 9.87. The highest BCUT2D eigenvalue weighted by atomic mass is 32.2. The first-order valence-electron chi connectivity index (χ1n) is 12.7. The molecule has 0 N–H and O–H groups in total. The fourth-order valence-corrected chi connectivity index (χ4v) is 6.65. The lowest BCUT2D eigenvalue weighted by Crippen LogP contribution is -2.41. The number of halogens is 1. The fourth-order valence-electron chi connectivity index (χ4n) is 5.07. The SMILES string of the molecule is O=C(c1csc(COc2ccc3c(c2)C(c2cccc(F)c2)N(C(=O)C2CC2)CC3)n1)N1CCSCC1. The Balaban J connectivity index is 1.22. The Hall–Kier alpha value is -2.91. The first-order valence-corrected chi connectivity index (χ1v) is 14.7. The van der Waals surface area contributed by atoms with Crippen LogP contribution in [0.2, 0.25) is 0 Å². The number of nitrogens with zero attached hydrogens (tertiary/aromatic N) is 3. The van der Waals surface area contributed by atoms with E-state index < -0.39 is 0 Å². The van der Waals surface area contributed by atoms with Crippen LogP contribution >= 0.6 is 23.1 Å². The lowest BCUT2D eigenvalue weighted by Gasteiger charge is -2.38. The lowest BCUT2D eigenvalue weighted by molar-refractivity contribution is -0.134. The summed E-state index contributed by atoms with van der Waals surface area (Å²) in [6.07, 6.45) is 2.61. The number of hydrogen-bond donors (Lipinski definition) is 0. The van der Waals surface area contributed by atoms with Gasteiger partial charge in [0, 0.05) is 42.4 Å². The number of carbonyl (C=O) groups excluding carboxylic acids is 2. The molecule has 1 saturated carbocycles. The Kier molecular flexibility index (Phi) is 6.90. The fraction of sp³-hybridized carbons (Fsp3) is 0.393. The number of amides is 2. The summed E-state index contributed by atoms with van der Waals surface area (Å²) in [6, 6.07) is 12.1. The molecular formula is C28H28FN3O3S2. The highest BCUT2D eigenvalue weighted by molar-refractivity contribution is 7.99. The smallest absolute Gasteiger partial charge is 0.273 e. The number of carbonyl (C=O) groups is 2. The second kappa shape index (κ2) is 10.5. The topological polar surface area (TPSA) is 62.7 Å². The molecule has 0 bridgehead atoms. The van der Waals surface area contributed by atoms with E-state index in [0.717, 1.165) is 65.6 Å². The van der Waals surface area contributed by atoms with Gasteiger partial charge in [-0.1, -0.05) is 18.2 Å². The van der Waals surface area contributed by atoms with Gasteiger partial charge in [-0.3, -0.25) is 9.59 Å². The van der Waals surface area contributed by atoms with Gasteiger partial charge in [0.2, 0.25) is 5.91 Å². The zero-order valence-corrected chi connectivity index (χ0v) is 22.0. The minimum Gasteiger partial charge on any atom is -0.486 e. The van der Waals surface area contributed by atoms with E-state index in [4.69, 9.17) is 4.74 Å². The molecule has 6 rings (SSSR count). The minimum atomic E-state index is -0.345. The molecule has 0 spiro atoms. The van der Waals surface area contributed by atoms with E-state index in [1.54, 1.807) is 11.4 Å². The van der Waals surface area contributed by atoms with E-state index in [2.05, 4.69) is 4.98 Å². The number of ether oxygens (including phenoxy) is 1. The third kappa shape index (κ3) is 5.25. The van der Waals surface area contributed by atoms with Gasteiger partial charge in [-0.2, -0.15) is 11.8 Å². The molecule has 3 aromatic rings. The summed E-state index contributed by atoms with van der Waals surface area (Å²) in [5.74, 6) is 2.50. The highest BCUT2D eigenvalue weighted by Gasteiger charge is 2.39. The van der Waals surface area contributed by atoms with Crippen molar-refractivity contribution in [3.8, 4) is 5.75 Å². The Morgan fingerprint density at radius 3 is 2.70 bits per heavy atom. The maximum absolute atomic E-state index is 14.2. The van der Waals surface area contributed by atoms with Crippen molar-refractivity contribution in [3.63, 3.8) is 0 Å². The molecule has 2 aliphatic heterocycles. The van der Waals surface area contributed by atoms with Crippen LogP contribution in [0.1, 0.15) is 51.1 Å². The van der Waals surface area contributed by atoms with Crippen LogP contribution in [0.4, 0.5) is 4.39 Å². The van der Waals surface area contributed by atoms with E-state index in [9.17, 15) is 14.0 Å². The molecule has 1 atom stereocenters. The van der Waals surface area contributed by atoms with Crippen LogP contribution in [0.25, 0.3) is 0 Å². The van der Waals surface area contributed by atoms with Crippen molar-refractivity contribution >= 4 is 34.9 Å². The van der Waals surface area contributed by atoms with Crippen molar-refractivity contribution in [1.82, 2.24) is 14.8 Å². The predicted octanol–water partition coefficient (Wildman–Crippen LogP) is 4.93. The van der Waals surface area contributed by atoms with Crippen LogP contribution in [-0.4, -0.2) is 57.7 Å². The maximum Gasteiger partial charge on any atom is 0.273 e. The summed E-state index contributed by atoms with van der Waals surface area (Å²) >= 11 is 3.29. The highest BCUT2D eigenvalue weighted by Crippen LogP contribution is 2.41. The van der Waals surface area contributed by atoms with E-state index in [1.807, 2.05) is 45.8 Å². The average molecular weight is 538 g/mol. The maximum atomic E-state index is 14.2. The zero-order valence-electron chi connectivity index (χ0n) is 20.4. The van der Waals surface area contributed by atoms with Gasteiger partial charge < -0.3 is 14.5 Å². The van der Waals surface area contributed by atoms with Crippen molar-refractivity contribution < 1.29 is 18.7 Å². The third-order valence-corrected chi connectivity index (χ3v) is 8.92. The van der Waals surface area contributed by atoms with Gasteiger partial charge >= 0.3 is 0 Å². The van der Waals surface area contributed by atoms with Crippen LogP contribution in [0.3, 0.4) is 0 Å². The molecule has 2 aromatic carbocycles. The normalized spacial score (nSPS) is 19.4. The zero-order chi connectivity index (χ0) is 25.4. The van der Waals surface area contributed by atoms with E-state index in [-0.39, 0.29) is 36.2 Å². The van der Waals surface area contributed by atoms with Crippen molar-refractivity contribution in [2.24, 2.45) is 5.92 Å². The first-order chi connectivity index (χ1) is 18.1. The summed E-state index contributed by atoms with van der Waals surface area (Å²) < 4.78 is 20.3. The summed E-state index contributed by atoms with van der Waals surface area (Å²) in [7, 11) is 0. The molecule has 6 nitrogen and oxygen atoms in total. The monoisotopic (exact) mass is 537 g/mol. The number of hydrogen-bond acceptors (Lipinski definition) is 6. The quantitative estimate of drug-likeness (QED) is 0.446. The molecule has 37 heavy (non-hydrogen) atoms. The van der Waals surface area contributed by atoms with Crippen LogP contribution in [0, 0.1) is 11.7 Å². The number of thiazole rings is 1. The van der Waals surface area contributed by atoms with E-state index in [0.29, 0.717) is 18.0 Å². The number of fused-ring (bicyclic) bond motifs is 1. The van der Waals surface area contributed by atoms with Crippen LogP contribution in [-0.2, 0) is 17.8 Å². The second-order valence-corrected chi connectivity index (χ2v) is 11.9. The van der Waals surface area contributed by atoms with Crippen molar-refractivity contribution in [1.29, 1.82) is 0 Å². The Morgan fingerprint density at radius 1 is 1.08 bits per heavy atom. The molecule has 1 saturated heterocycles. The summed E-state index contributed by atoms with van der Waals surface area (Å²) in [6.45, 7) is 2.39. The molecule has 2 amide bonds. The van der Waals surface area contributed by atoms with Crippen molar-refractivity contribution in [3.05, 3.63) is 81.1 Å². The predicted molar refractivity (Wildman–Crippen MR) is 143 cm³/mol. The van der Waals surface area contributed by atoms with Crippen molar-refractivity contribution in [2.45, 2.75) is 31.9 Å². The second-order valence-electron chi connectivity index (χ2n) is 9.69. The molecule has 2 fully saturated rings. The standard InChI is InChI=1S/C28H28FN3O3S2/c29-21-3-1-2-20(14-21)26-23-15-22(7-6-18(23)8-9-32(26)27(33)19-4-5-19)35-16-25-30-24(17-37-25)28(34)31-10-12-36-13-11-31/h1-3,6-7,14-15,17,19,26H,4-5,8-13,16H2. The molecular weight excluding hydrogens is 509 g/mol. The van der Waals surface area contributed by atoms with Gasteiger partial charge in [0.25, 0.3) is 5.91 Å². The Bertz CT molecular complexity index is 1320. The summed E-state index contributed by atoms with van der Waals surface area (Å²) in [5, 5.41) is 2.54. The molecule has 9 heteroatoms. The number of rotatable bonds is 6. The molecule has 192 valence electrons. The Morgan fingerprint density at radius 2 is 1.92 bits per heavy atom. The first kappa shape index (κ1) is 24.4. The molecule has 1 aromatic heterocycles. The van der Waals surface area contributed by atoms with Crippen LogP contribution in [0.15, 0.2) is 47.8 Å². The van der Waals surface area contributed by atoms with Gasteiger partial charge in [-0.25, -0.2) is 9.37 Å². The molecule has 1 aliphatic carbocycles. The number of aromatic nitrogens is 1. The molecule has 3 heterocycles. The van der Waals surface area contributed by atoms with E-state index in [1.165, 1.54) is 23.5 Å². The van der Waals surface area contributed by atoms with Crippen LogP contribution in [0.5, 0.6) is 5.75 Å². The van der Waals surface area contributed by atoms with Crippen molar-refractivity contribution in [2.75, 3.05) is 31.1 Å². The number of thioether (sulfide) groups is 1.